The Labute approximate surface area is 124 Å². The quantitative estimate of drug-likeness (QED) is 0.838. The number of nitrogens with zero attached hydrogens (tertiary/aromatic N) is 2. The van der Waals surface area contributed by atoms with Gasteiger partial charge in [0.1, 0.15) is 5.82 Å². The zero-order valence-electron chi connectivity index (χ0n) is 11.8. The summed E-state index contributed by atoms with van der Waals surface area (Å²) in [5.41, 5.74) is 0.867. The molecule has 1 aromatic rings. The van der Waals surface area contributed by atoms with E-state index in [0.29, 0.717) is 24.7 Å². The Hall–Kier alpha value is -0.880. The number of aliphatic hydroxyl groups excluding tert-OH is 1. The van der Waals surface area contributed by atoms with Crippen molar-refractivity contribution < 1.29 is 9.84 Å². The van der Waals surface area contributed by atoms with Crippen molar-refractivity contribution in [2.75, 3.05) is 38.2 Å². The van der Waals surface area contributed by atoms with Crippen molar-refractivity contribution >= 4 is 17.4 Å². The standard InChI is InChI=1S/C14H22ClN3O2/c1-2-5-16-14-4-3-12(15)13(17-14)9-18-6-7-20-11(8-18)10-19/h3-4,11,19H,2,5-10H2,1H3,(H,16,17). The molecule has 1 aliphatic rings. The Kier molecular flexibility index (Phi) is 6.04. The molecule has 1 fully saturated rings. The zero-order valence-corrected chi connectivity index (χ0v) is 12.6. The van der Waals surface area contributed by atoms with Crippen LogP contribution in [0.2, 0.25) is 5.02 Å². The number of pyridine rings is 1. The number of ether oxygens (including phenoxy) is 1. The highest BCUT2D eigenvalue weighted by atomic mass is 35.5. The summed E-state index contributed by atoms with van der Waals surface area (Å²) in [7, 11) is 0. The van der Waals surface area contributed by atoms with E-state index < -0.39 is 0 Å². The van der Waals surface area contributed by atoms with Crippen LogP contribution in [0.15, 0.2) is 12.1 Å². The summed E-state index contributed by atoms with van der Waals surface area (Å²) in [6.45, 7) is 5.93. The first-order chi connectivity index (χ1) is 9.72. The van der Waals surface area contributed by atoms with Crippen LogP contribution in [0.5, 0.6) is 0 Å². The van der Waals surface area contributed by atoms with E-state index in [1.165, 1.54) is 0 Å². The number of hydrogen-bond donors (Lipinski definition) is 2. The van der Waals surface area contributed by atoms with E-state index in [-0.39, 0.29) is 12.7 Å². The minimum atomic E-state index is -0.107. The van der Waals surface area contributed by atoms with E-state index >= 15 is 0 Å². The highest BCUT2D eigenvalue weighted by Gasteiger charge is 2.20. The molecular formula is C14H22ClN3O2. The van der Waals surface area contributed by atoms with Crippen LogP contribution in [0.25, 0.3) is 0 Å². The third kappa shape index (κ3) is 4.31. The number of aromatic nitrogens is 1. The van der Waals surface area contributed by atoms with Crippen molar-refractivity contribution in [3.63, 3.8) is 0 Å². The lowest BCUT2D eigenvalue weighted by atomic mass is 10.2. The Morgan fingerprint density at radius 3 is 3.15 bits per heavy atom. The van der Waals surface area contributed by atoms with Gasteiger partial charge < -0.3 is 15.2 Å². The molecule has 2 rings (SSSR count). The third-order valence-electron chi connectivity index (χ3n) is 3.27. The molecule has 1 unspecified atom stereocenters. The van der Waals surface area contributed by atoms with Crippen LogP contribution in [0.4, 0.5) is 5.82 Å². The zero-order chi connectivity index (χ0) is 14.4. The van der Waals surface area contributed by atoms with Crippen LogP contribution in [0, 0.1) is 0 Å². The van der Waals surface area contributed by atoms with Crippen molar-refractivity contribution in [1.82, 2.24) is 9.88 Å². The van der Waals surface area contributed by atoms with Gasteiger partial charge in [-0.1, -0.05) is 18.5 Å². The average Bonchev–Trinajstić information content (AvgIpc) is 2.48. The van der Waals surface area contributed by atoms with Crippen LogP contribution in [0.3, 0.4) is 0 Å². The fourth-order valence-electron chi connectivity index (χ4n) is 2.19. The van der Waals surface area contributed by atoms with Gasteiger partial charge in [0.05, 0.1) is 30.0 Å². The highest BCUT2D eigenvalue weighted by Crippen LogP contribution is 2.19. The monoisotopic (exact) mass is 299 g/mol. The number of morpholine rings is 1. The number of nitrogens with one attached hydrogen (secondary N) is 1. The first-order valence-corrected chi connectivity index (χ1v) is 7.44. The van der Waals surface area contributed by atoms with Gasteiger partial charge in [-0.2, -0.15) is 0 Å². The molecular weight excluding hydrogens is 278 g/mol. The van der Waals surface area contributed by atoms with Crippen molar-refractivity contribution in [3.8, 4) is 0 Å². The van der Waals surface area contributed by atoms with E-state index in [2.05, 4.69) is 22.1 Å². The van der Waals surface area contributed by atoms with Gasteiger partial charge in [0, 0.05) is 26.2 Å². The van der Waals surface area contributed by atoms with Crippen molar-refractivity contribution in [2.45, 2.75) is 26.0 Å². The molecule has 5 nitrogen and oxygen atoms in total. The summed E-state index contributed by atoms with van der Waals surface area (Å²) in [6.07, 6.45) is 0.949. The van der Waals surface area contributed by atoms with Crippen LogP contribution in [0.1, 0.15) is 19.0 Å². The number of aliphatic hydroxyl groups is 1. The van der Waals surface area contributed by atoms with Gasteiger partial charge in [-0.05, 0) is 18.6 Å². The first-order valence-electron chi connectivity index (χ1n) is 7.07. The average molecular weight is 300 g/mol. The molecule has 0 bridgehead atoms. The molecule has 0 radical (unpaired) electrons. The minimum absolute atomic E-state index is 0.0513. The predicted molar refractivity (Wildman–Crippen MR) is 80.1 cm³/mol. The Morgan fingerprint density at radius 2 is 2.40 bits per heavy atom. The Morgan fingerprint density at radius 1 is 1.55 bits per heavy atom. The maximum atomic E-state index is 9.17. The summed E-state index contributed by atoms with van der Waals surface area (Å²) in [6, 6.07) is 3.78. The van der Waals surface area contributed by atoms with Crippen LogP contribution < -0.4 is 5.32 Å². The number of anilines is 1. The summed E-state index contributed by atoms with van der Waals surface area (Å²) >= 11 is 6.22. The summed E-state index contributed by atoms with van der Waals surface area (Å²) in [5, 5.41) is 13.1. The molecule has 0 spiro atoms. The third-order valence-corrected chi connectivity index (χ3v) is 3.62. The van der Waals surface area contributed by atoms with Crippen molar-refractivity contribution in [3.05, 3.63) is 22.8 Å². The van der Waals surface area contributed by atoms with E-state index in [4.69, 9.17) is 21.4 Å². The van der Waals surface area contributed by atoms with Gasteiger partial charge >= 0.3 is 0 Å². The molecule has 1 aromatic heterocycles. The second kappa shape index (κ2) is 7.78. The van der Waals surface area contributed by atoms with Gasteiger partial charge in [-0.3, -0.25) is 4.90 Å². The summed E-state index contributed by atoms with van der Waals surface area (Å²) in [4.78, 5) is 6.78. The smallest absolute Gasteiger partial charge is 0.126 e. The second-order valence-electron chi connectivity index (χ2n) is 4.96. The Bertz CT molecular complexity index is 431. The highest BCUT2D eigenvalue weighted by molar-refractivity contribution is 6.31. The topological polar surface area (TPSA) is 57.6 Å². The van der Waals surface area contributed by atoms with Crippen LogP contribution in [-0.2, 0) is 11.3 Å². The van der Waals surface area contributed by atoms with Crippen molar-refractivity contribution in [2.24, 2.45) is 0 Å². The maximum absolute atomic E-state index is 9.17. The fourth-order valence-corrected chi connectivity index (χ4v) is 2.36. The molecule has 0 aliphatic carbocycles. The normalized spacial score (nSPS) is 20.1. The minimum Gasteiger partial charge on any atom is -0.394 e. The molecule has 112 valence electrons. The molecule has 1 saturated heterocycles. The van der Waals surface area contributed by atoms with E-state index in [1.807, 2.05) is 12.1 Å². The summed E-state index contributed by atoms with van der Waals surface area (Å²) in [5.74, 6) is 0.859. The predicted octanol–water partition coefficient (Wildman–Crippen LogP) is 1.75. The van der Waals surface area contributed by atoms with E-state index in [0.717, 1.165) is 31.0 Å². The Balaban J connectivity index is 2.00. The molecule has 1 atom stereocenters. The number of rotatable bonds is 6. The van der Waals surface area contributed by atoms with Crippen molar-refractivity contribution in [1.29, 1.82) is 0 Å². The van der Waals surface area contributed by atoms with Gasteiger partial charge in [-0.15, -0.1) is 0 Å². The lowest BCUT2D eigenvalue weighted by molar-refractivity contribution is -0.0553. The molecule has 20 heavy (non-hydrogen) atoms. The van der Waals surface area contributed by atoms with Gasteiger partial charge in [-0.25, -0.2) is 4.98 Å². The fraction of sp³-hybridized carbons (Fsp3) is 0.643. The van der Waals surface area contributed by atoms with Gasteiger partial charge in [0.25, 0.3) is 0 Å². The second-order valence-corrected chi connectivity index (χ2v) is 5.37. The van der Waals surface area contributed by atoms with Crippen LogP contribution >= 0.6 is 11.6 Å². The van der Waals surface area contributed by atoms with Gasteiger partial charge in [0.15, 0.2) is 0 Å². The number of hydrogen-bond acceptors (Lipinski definition) is 5. The van der Waals surface area contributed by atoms with E-state index in [9.17, 15) is 0 Å². The lowest BCUT2D eigenvalue weighted by Crippen LogP contribution is -2.43. The summed E-state index contributed by atoms with van der Waals surface area (Å²) < 4.78 is 5.44. The van der Waals surface area contributed by atoms with E-state index in [1.54, 1.807) is 0 Å². The largest absolute Gasteiger partial charge is 0.394 e. The molecule has 6 heteroatoms. The SMILES string of the molecule is CCCNc1ccc(Cl)c(CN2CCOC(CO)C2)n1. The molecule has 2 heterocycles. The molecule has 2 N–H and O–H groups in total. The first kappa shape index (κ1) is 15.5. The van der Waals surface area contributed by atoms with Crippen LogP contribution in [-0.4, -0.2) is 53.9 Å². The molecule has 0 amide bonds. The lowest BCUT2D eigenvalue weighted by Gasteiger charge is -2.31. The maximum Gasteiger partial charge on any atom is 0.126 e. The molecule has 1 aliphatic heterocycles. The molecule has 0 aromatic carbocycles. The molecule has 0 saturated carbocycles. The number of halogens is 1. The van der Waals surface area contributed by atoms with Gasteiger partial charge in [0.2, 0.25) is 0 Å².